The van der Waals surface area contributed by atoms with E-state index in [2.05, 4.69) is 45.2 Å². The summed E-state index contributed by atoms with van der Waals surface area (Å²) in [5.74, 6) is 0. The van der Waals surface area contributed by atoms with Crippen molar-refractivity contribution in [2.24, 2.45) is 5.41 Å². The highest BCUT2D eigenvalue weighted by Gasteiger charge is 2.19. The molecule has 1 aliphatic rings. The largest absolute Gasteiger partial charge is 0.363 e. The van der Waals surface area contributed by atoms with E-state index in [1.165, 1.54) is 17.8 Å². The van der Waals surface area contributed by atoms with Gasteiger partial charge in [0, 0.05) is 16.8 Å². The Balaban J connectivity index is 2.89. The Bertz CT molecular complexity index is 193. The third-order valence-corrected chi connectivity index (χ3v) is 2.25. The van der Waals surface area contributed by atoms with E-state index in [1.807, 2.05) is 0 Å². The maximum Gasteiger partial charge on any atom is 0.00850 e. The molecular formula is C10H17N. The molecular weight excluding hydrogens is 134 g/mol. The number of dihydropyridines is 1. The smallest absolute Gasteiger partial charge is 0.00850 e. The topological polar surface area (TPSA) is 12.0 Å². The lowest BCUT2D eigenvalue weighted by Gasteiger charge is -2.27. The van der Waals surface area contributed by atoms with Gasteiger partial charge >= 0.3 is 0 Å². The summed E-state index contributed by atoms with van der Waals surface area (Å²) >= 11 is 0. The highest BCUT2D eigenvalue weighted by Crippen LogP contribution is 2.29. The number of nitrogens with one attached hydrogen (secondary N) is 1. The van der Waals surface area contributed by atoms with Gasteiger partial charge in [0.15, 0.2) is 0 Å². The van der Waals surface area contributed by atoms with Crippen molar-refractivity contribution in [2.75, 3.05) is 0 Å². The second-order valence-corrected chi connectivity index (χ2v) is 3.64. The first-order valence-electron chi connectivity index (χ1n) is 4.22. The summed E-state index contributed by atoms with van der Waals surface area (Å²) in [6.07, 6.45) is 5.75. The minimum atomic E-state index is 0.277. The Morgan fingerprint density at radius 1 is 1.27 bits per heavy atom. The van der Waals surface area contributed by atoms with Gasteiger partial charge in [-0.25, -0.2) is 0 Å². The third kappa shape index (κ3) is 1.86. The van der Waals surface area contributed by atoms with Gasteiger partial charge in [-0.15, -0.1) is 0 Å². The fourth-order valence-corrected chi connectivity index (χ4v) is 1.62. The molecule has 0 fully saturated rings. The summed E-state index contributed by atoms with van der Waals surface area (Å²) < 4.78 is 0. The molecule has 0 amide bonds. The molecule has 0 spiro atoms. The van der Waals surface area contributed by atoms with Crippen LogP contribution >= 0.6 is 0 Å². The van der Waals surface area contributed by atoms with E-state index in [-0.39, 0.29) is 5.41 Å². The predicted octanol–water partition coefficient (Wildman–Crippen LogP) is 2.81. The van der Waals surface area contributed by atoms with E-state index in [1.54, 1.807) is 0 Å². The van der Waals surface area contributed by atoms with Gasteiger partial charge in [-0.2, -0.15) is 0 Å². The Kier molecular flexibility index (Phi) is 2.08. The van der Waals surface area contributed by atoms with E-state index >= 15 is 0 Å². The molecule has 1 nitrogen and oxygen atoms in total. The summed E-state index contributed by atoms with van der Waals surface area (Å²) in [6.45, 7) is 8.72. The summed E-state index contributed by atoms with van der Waals surface area (Å²) in [6, 6.07) is 0. The minimum Gasteiger partial charge on any atom is -0.363 e. The zero-order valence-electron chi connectivity index (χ0n) is 7.86. The third-order valence-electron chi connectivity index (χ3n) is 2.25. The molecule has 0 unspecified atom stereocenters. The highest BCUT2D eigenvalue weighted by molar-refractivity contribution is 5.23. The second kappa shape index (κ2) is 2.72. The summed E-state index contributed by atoms with van der Waals surface area (Å²) in [7, 11) is 0. The monoisotopic (exact) mass is 151 g/mol. The maximum absolute atomic E-state index is 3.29. The lowest BCUT2D eigenvalue weighted by atomic mass is 9.84. The van der Waals surface area contributed by atoms with Gasteiger partial charge in [-0.05, 0) is 20.3 Å². The zero-order chi connectivity index (χ0) is 8.48. The summed E-state index contributed by atoms with van der Waals surface area (Å²) in [5.41, 5.74) is 2.82. The van der Waals surface area contributed by atoms with E-state index < -0.39 is 0 Å². The molecule has 62 valence electrons. The molecule has 1 N–H and O–H groups in total. The molecule has 0 aromatic rings. The van der Waals surface area contributed by atoms with Crippen molar-refractivity contribution in [1.82, 2.24) is 5.32 Å². The van der Waals surface area contributed by atoms with Gasteiger partial charge in [0.25, 0.3) is 0 Å². The number of rotatable bonds is 1. The van der Waals surface area contributed by atoms with E-state index in [4.69, 9.17) is 0 Å². The van der Waals surface area contributed by atoms with Gasteiger partial charge in [-0.1, -0.05) is 26.0 Å². The first kappa shape index (κ1) is 8.38. The molecule has 11 heavy (non-hydrogen) atoms. The van der Waals surface area contributed by atoms with Gasteiger partial charge < -0.3 is 5.32 Å². The standard InChI is InChI=1S/C10H17N/c1-5-10(4)6-8(2)11-9(3)7-10/h6-7,11H,5H2,1-4H3. The van der Waals surface area contributed by atoms with Crippen molar-refractivity contribution in [3.63, 3.8) is 0 Å². The van der Waals surface area contributed by atoms with Gasteiger partial charge in [0.1, 0.15) is 0 Å². The Morgan fingerprint density at radius 2 is 1.73 bits per heavy atom. The molecule has 1 heterocycles. The normalized spacial score (nSPS) is 21.8. The van der Waals surface area contributed by atoms with Crippen LogP contribution in [0.3, 0.4) is 0 Å². The van der Waals surface area contributed by atoms with E-state index in [0.29, 0.717) is 0 Å². The van der Waals surface area contributed by atoms with Gasteiger partial charge in [0.05, 0.1) is 0 Å². The Labute approximate surface area is 69.2 Å². The second-order valence-electron chi connectivity index (χ2n) is 3.64. The number of hydrogen-bond donors (Lipinski definition) is 1. The first-order chi connectivity index (χ1) is 5.06. The molecule has 0 saturated heterocycles. The average Bonchev–Trinajstić information content (AvgIpc) is 1.84. The van der Waals surface area contributed by atoms with E-state index in [0.717, 1.165) is 0 Å². The van der Waals surface area contributed by atoms with Crippen molar-refractivity contribution in [3.8, 4) is 0 Å². The van der Waals surface area contributed by atoms with Crippen LogP contribution in [-0.4, -0.2) is 0 Å². The highest BCUT2D eigenvalue weighted by atomic mass is 14.9. The van der Waals surface area contributed by atoms with Gasteiger partial charge in [-0.3, -0.25) is 0 Å². The zero-order valence-corrected chi connectivity index (χ0v) is 7.86. The molecule has 0 radical (unpaired) electrons. The first-order valence-corrected chi connectivity index (χ1v) is 4.22. The average molecular weight is 151 g/mol. The lowest BCUT2D eigenvalue weighted by molar-refractivity contribution is 0.505. The predicted molar refractivity (Wildman–Crippen MR) is 49.0 cm³/mol. The van der Waals surface area contributed by atoms with Crippen LogP contribution in [0.4, 0.5) is 0 Å². The molecule has 1 rings (SSSR count). The summed E-state index contributed by atoms with van der Waals surface area (Å²) in [4.78, 5) is 0. The molecule has 0 saturated carbocycles. The fourth-order valence-electron chi connectivity index (χ4n) is 1.62. The van der Waals surface area contributed by atoms with Crippen molar-refractivity contribution in [3.05, 3.63) is 23.5 Å². The quantitative estimate of drug-likeness (QED) is 0.607. The van der Waals surface area contributed by atoms with Crippen LogP contribution in [0.2, 0.25) is 0 Å². The van der Waals surface area contributed by atoms with Crippen molar-refractivity contribution in [1.29, 1.82) is 0 Å². The fraction of sp³-hybridized carbons (Fsp3) is 0.600. The Morgan fingerprint density at radius 3 is 2.09 bits per heavy atom. The lowest BCUT2D eigenvalue weighted by Crippen LogP contribution is -2.22. The SMILES string of the molecule is CCC1(C)C=C(C)NC(C)=C1. The van der Waals surface area contributed by atoms with Crippen LogP contribution in [0, 0.1) is 5.41 Å². The molecule has 1 aliphatic heterocycles. The molecule has 0 aromatic heterocycles. The minimum absolute atomic E-state index is 0.277. The molecule has 1 heteroatoms. The molecule has 0 aliphatic carbocycles. The van der Waals surface area contributed by atoms with Crippen LogP contribution in [-0.2, 0) is 0 Å². The Hall–Kier alpha value is -0.720. The van der Waals surface area contributed by atoms with Crippen LogP contribution in [0.25, 0.3) is 0 Å². The molecule has 0 atom stereocenters. The van der Waals surface area contributed by atoms with Crippen LogP contribution in [0.1, 0.15) is 34.1 Å². The molecule has 0 aromatic carbocycles. The van der Waals surface area contributed by atoms with E-state index in [9.17, 15) is 0 Å². The maximum atomic E-state index is 3.29. The molecule has 0 bridgehead atoms. The van der Waals surface area contributed by atoms with Crippen molar-refractivity contribution in [2.45, 2.75) is 34.1 Å². The van der Waals surface area contributed by atoms with Crippen LogP contribution < -0.4 is 5.32 Å². The van der Waals surface area contributed by atoms with Crippen molar-refractivity contribution < 1.29 is 0 Å². The van der Waals surface area contributed by atoms with Crippen molar-refractivity contribution >= 4 is 0 Å². The van der Waals surface area contributed by atoms with Crippen LogP contribution in [0.15, 0.2) is 23.5 Å². The summed E-state index contributed by atoms with van der Waals surface area (Å²) in [5, 5.41) is 3.29. The number of allylic oxidation sites excluding steroid dienone is 4. The number of hydrogen-bond acceptors (Lipinski definition) is 1. The van der Waals surface area contributed by atoms with Crippen LogP contribution in [0.5, 0.6) is 0 Å². The van der Waals surface area contributed by atoms with Gasteiger partial charge in [0.2, 0.25) is 0 Å².